The zero-order chi connectivity index (χ0) is 25.7. The first-order valence-corrected chi connectivity index (χ1v) is 12.5. The Morgan fingerprint density at radius 1 is 1.22 bits per heavy atom. The number of fused-ring (bicyclic) bond motifs is 1. The number of methoxy groups -OCH3 is 1. The number of aromatic nitrogens is 3. The van der Waals surface area contributed by atoms with Gasteiger partial charge in [-0.05, 0) is 62.9 Å². The number of benzene rings is 2. The summed E-state index contributed by atoms with van der Waals surface area (Å²) in [7, 11) is 1.60. The van der Waals surface area contributed by atoms with E-state index in [0.29, 0.717) is 30.0 Å². The van der Waals surface area contributed by atoms with Gasteiger partial charge in [0.05, 0.1) is 18.7 Å². The molecule has 0 aliphatic carbocycles. The Hall–Kier alpha value is -3.46. The number of carbonyl (C=O) groups is 2. The summed E-state index contributed by atoms with van der Waals surface area (Å²) < 4.78 is 12.8. The summed E-state index contributed by atoms with van der Waals surface area (Å²) in [6.07, 6.45) is 2.39. The van der Waals surface area contributed by atoms with E-state index in [4.69, 9.17) is 9.47 Å². The Morgan fingerprint density at radius 2 is 1.97 bits per heavy atom. The summed E-state index contributed by atoms with van der Waals surface area (Å²) >= 11 is 0. The molecule has 3 aromatic rings. The molecule has 2 amide bonds. The van der Waals surface area contributed by atoms with Crippen LogP contribution in [0.2, 0.25) is 0 Å². The van der Waals surface area contributed by atoms with E-state index in [1.807, 2.05) is 57.2 Å². The van der Waals surface area contributed by atoms with Crippen molar-refractivity contribution in [2.24, 2.45) is 0 Å². The molecule has 1 aliphatic heterocycles. The lowest BCUT2D eigenvalue weighted by atomic mass is 9.98. The number of rotatable bonds is 10. The van der Waals surface area contributed by atoms with Crippen LogP contribution in [0.4, 0.5) is 0 Å². The van der Waals surface area contributed by atoms with Crippen LogP contribution in [0.3, 0.4) is 0 Å². The van der Waals surface area contributed by atoms with Crippen molar-refractivity contribution in [2.75, 3.05) is 20.3 Å². The minimum absolute atomic E-state index is 0.0374. The lowest BCUT2D eigenvalue weighted by Crippen LogP contribution is -2.52. The molecule has 0 saturated carbocycles. The fraction of sp³-hybridized carbons (Fsp3) is 0.481. The Labute approximate surface area is 211 Å². The van der Waals surface area contributed by atoms with Crippen LogP contribution in [0.25, 0.3) is 11.0 Å². The lowest BCUT2D eigenvalue weighted by Gasteiger charge is -2.35. The summed E-state index contributed by atoms with van der Waals surface area (Å²) in [5, 5.41) is 11.5. The number of hydrogen-bond acceptors (Lipinski definition) is 6. The van der Waals surface area contributed by atoms with Crippen molar-refractivity contribution in [1.29, 1.82) is 0 Å². The summed E-state index contributed by atoms with van der Waals surface area (Å²) in [4.78, 5) is 29.3. The molecule has 9 nitrogen and oxygen atoms in total. The third kappa shape index (κ3) is 5.84. The molecular weight excluding hydrogens is 458 g/mol. The van der Waals surface area contributed by atoms with Gasteiger partial charge in [0.1, 0.15) is 23.9 Å². The number of amides is 2. The quantitative estimate of drug-likeness (QED) is 0.464. The number of ether oxygens (including phenoxy) is 2. The van der Waals surface area contributed by atoms with Crippen molar-refractivity contribution in [3.05, 3.63) is 54.1 Å². The first-order chi connectivity index (χ1) is 17.3. The van der Waals surface area contributed by atoms with E-state index in [1.54, 1.807) is 28.8 Å². The molecule has 1 aromatic heterocycles. The Kier molecular flexibility index (Phi) is 7.88. The monoisotopic (exact) mass is 493 g/mol. The van der Waals surface area contributed by atoms with Gasteiger partial charge in [-0.1, -0.05) is 36.4 Å². The molecule has 2 heterocycles. The molecule has 4 rings (SSSR count). The van der Waals surface area contributed by atoms with Gasteiger partial charge in [0.2, 0.25) is 11.8 Å². The number of para-hydroxylation sites is 1. The van der Waals surface area contributed by atoms with Gasteiger partial charge in [-0.3, -0.25) is 9.59 Å². The van der Waals surface area contributed by atoms with Crippen LogP contribution < -0.4 is 10.1 Å². The second-order valence-corrected chi connectivity index (χ2v) is 9.82. The molecule has 1 aliphatic rings. The molecule has 2 atom stereocenters. The van der Waals surface area contributed by atoms with Gasteiger partial charge in [0.25, 0.3) is 0 Å². The fourth-order valence-corrected chi connectivity index (χ4v) is 4.36. The third-order valence-electron chi connectivity index (χ3n) is 6.79. The van der Waals surface area contributed by atoms with Crippen LogP contribution in [-0.2, 0) is 20.9 Å². The molecule has 1 saturated heterocycles. The van der Waals surface area contributed by atoms with E-state index in [9.17, 15) is 9.59 Å². The predicted molar refractivity (Wildman–Crippen MR) is 136 cm³/mol. The largest absolute Gasteiger partial charge is 0.497 e. The summed E-state index contributed by atoms with van der Waals surface area (Å²) in [5.74, 6) is 0.214. The van der Waals surface area contributed by atoms with Crippen molar-refractivity contribution in [3.63, 3.8) is 0 Å². The molecule has 1 fully saturated rings. The van der Waals surface area contributed by atoms with Crippen molar-refractivity contribution in [1.82, 2.24) is 25.2 Å². The Balaban J connectivity index is 1.71. The first-order valence-electron chi connectivity index (χ1n) is 12.5. The third-order valence-corrected chi connectivity index (χ3v) is 6.79. The molecule has 0 radical (unpaired) electrons. The second-order valence-electron chi connectivity index (χ2n) is 9.82. The molecular formula is C27H35N5O4. The van der Waals surface area contributed by atoms with E-state index >= 15 is 0 Å². The van der Waals surface area contributed by atoms with Crippen molar-refractivity contribution in [2.45, 2.75) is 64.3 Å². The molecule has 1 N–H and O–H groups in total. The average molecular weight is 494 g/mol. The highest BCUT2D eigenvalue weighted by molar-refractivity contribution is 5.89. The number of nitrogens with zero attached hydrogens (tertiary/aromatic N) is 4. The van der Waals surface area contributed by atoms with Crippen LogP contribution in [0.1, 0.15) is 51.6 Å². The normalized spacial score (nSPS) is 16.6. The van der Waals surface area contributed by atoms with Crippen LogP contribution in [-0.4, -0.2) is 63.6 Å². The highest BCUT2D eigenvalue weighted by Crippen LogP contribution is 2.28. The van der Waals surface area contributed by atoms with Crippen molar-refractivity contribution < 1.29 is 19.1 Å². The van der Waals surface area contributed by atoms with Gasteiger partial charge in [-0.25, -0.2) is 4.68 Å². The van der Waals surface area contributed by atoms with Crippen molar-refractivity contribution in [3.8, 4) is 5.75 Å². The maximum absolute atomic E-state index is 13.9. The molecule has 0 unspecified atom stereocenters. The van der Waals surface area contributed by atoms with Crippen LogP contribution >= 0.6 is 0 Å². The highest BCUT2D eigenvalue weighted by Gasteiger charge is 2.36. The van der Waals surface area contributed by atoms with Gasteiger partial charge < -0.3 is 19.7 Å². The molecule has 36 heavy (non-hydrogen) atoms. The van der Waals surface area contributed by atoms with E-state index in [0.717, 1.165) is 24.8 Å². The predicted octanol–water partition coefficient (Wildman–Crippen LogP) is 3.49. The van der Waals surface area contributed by atoms with Gasteiger partial charge in [0, 0.05) is 18.7 Å². The Morgan fingerprint density at radius 3 is 2.64 bits per heavy atom. The number of hydrogen-bond donors (Lipinski definition) is 1. The molecule has 9 heteroatoms. The van der Waals surface area contributed by atoms with E-state index in [-0.39, 0.29) is 24.5 Å². The minimum atomic E-state index is -0.840. The zero-order valence-corrected chi connectivity index (χ0v) is 21.4. The first kappa shape index (κ1) is 25.6. The van der Waals surface area contributed by atoms with Crippen LogP contribution in [0.5, 0.6) is 5.75 Å². The minimum Gasteiger partial charge on any atom is -0.497 e. The maximum atomic E-state index is 13.9. The number of carbonyl (C=O) groups excluding carboxylic acids is 2. The Bertz CT molecular complexity index is 1180. The lowest BCUT2D eigenvalue weighted by molar-refractivity contribution is -0.144. The van der Waals surface area contributed by atoms with E-state index in [1.165, 1.54) is 0 Å². The van der Waals surface area contributed by atoms with E-state index < -0.39 is 11.6 Å². The summed E-state index contributed by atoms with van der Waals surface area (Å²) in [5.41, 5.74) is 1.75. The van der Waals surface area contributed by atoms with Crippen LogP contribution in [0, 0.1) is 0 Å². The maximum Gasteiger partial charge on any atom is 0.247 e. The fourth-order valence-electron chi connectivity index (χ4n) is 4.36. The smallest absolute Gasteiger partial charge is 0.247 e. The second kappa shape index (κ2) is 11.1. The standard InChI is InChI=1S/C27H35N5O4/c1-5-27(2,3)28-26(34)25(19-12-14-20(35-4)15-13-19)31(17-21-9-8-16-36-21)24(33)18-32-23-11-7-6-10-22(23)29-30-32/h6-7,10-15,21,25H,5,8-9,16-18H2,1-4H3,(H,28,34)/t21-,25+/m0/s1. The van der Waals surface area contributed by atoms with Gasteiger partial charge in [0.15, 0.2) is 0 Å². The summed E-state index contributed by atoms with van der Waals surface area (Å²) in [6.45, 7) is 6.90. The van der Waals surface area contributed by atoms with E-state index in [2.05, 4.69) is 15.6 Å². The van der Waals surface area contributed by atoms with Crippen molar-refractivity contribution >= 4 is 22.8 Å². The van der Waals surface area contributed by atoms with Gasteiger partial charge in [-0.15, -0.1) is 5.10 Å². The topological polar surface area (TPSA) is 98.6 Å². The van der Waals surface area contributed by atoms with Crippen LogP contribution in [0.15, 0.2) is 48.5 Å². The SMILES string of the molecule is CCC(C)(C)NC(=O)[C@@H](c1ccc(OC)cc1)N(C[C@@H]1CCCO1)C(=O)Cn1nnc2ccccc21. The molecule has 0 bridgehead atoms. The number of nitrogens with one attached hydrogen (secondary N) is 1. The zero-order valence-electron chi connectivity index (χ0n) is 21.4. The molecule has 0 spiro atoms. The van der Waals surface area contributed by atoms with Gasteiger partial charge >= 0.3 is 0 Å². The molecule has 192 valence electrons. The van der Waals surface area contributed by atoms with Gasteiger partial charge in [-0.2, -0.15) is 0 Å². The highest BCUT2D eigenvalue weighted by atomic mass is 16.5. The summed E-state index contributed by atoms with van der Waals surface area (Å²) in [6, 6.07) is 13.9. The molecule has 2 aromatic carbocycles. The average Bonchev–Trinajstić information content (AvgIpc) is 3.54.